The molecule has 0 aliphatic heterocycles. The van der Waals surface area contributed by atoms with Crippen molar-refractivity contribution in [3.8, 4) is 0 Å². The van der Waals surface area contributed by atoms with Gasteiger partial charge in [-0.15, -0.1) is 0 Å². The molecule has 0 spiro atoms. The molecular formula is C9H11N5O. The van der Waals surface area contributed by atoms with Crippen LogP contribution in [0.1, 0.15) is 5.56 Å². The SMILES string of the molecule is Cc1cc(N)c(N=C=O)c(N=C(N)N)c1. The summed E-state index contributed by atoms with van der Waals surface area (Å²) < 4.78 is 0. The molecule has 0 unspecified atom stereocenters. The minimum absolute atomic E-state index is 0.123. The highest BCUT2D eigenvalue weighted by atomic mass is 16.1. The molecule has 78 valence electrons. The average Bonchev–Trinajstić information content (AvgIpc) is 2.10. The highest BCUT2D eigenvalue weighted by Crippen LogP contribution is 2.34. The molecular weight excluding hydrogens is 194 g/mol. The fraction of sp³-hybridized carbons (Fsp3) is 0.111. The molecule has 1 aromatic carbocycles. The largest absolute Gasteiger partial charge is 0.397 e. The lowest BCUT2D eigenvalue weighted by molar-refractivity contribution is 0.565. The number of benzene rings is 1. The lowest BCUT2D eigenvalue weighted by Gasteiger charge is -2.04. The standard InChI is InChI=1S/C9H11N5O/c1-5-2-6(10)8(13-4-15)7(3-5)14-9(11)12/h2-3H,10H2,1H3,(H4,11,12,14). The Balaban J connectivity index is 3.46. The van der Waals surface area contributed by atoms with Gasteiger partial charge >= 0.3 is 0 Å². The van der Waals surface area contributed by atoms with Crippen molar-refractivity contribution in [3.05, 3.63) is 17.7 Å². The second kappa shape index (κ2) is 4.26. The van der Waals surface area contributed by atoms with E-state index in [0.717, 1.165) is 5.56 Å². The van der Waals surface area contributed by atoms with Gasteiger partial charge in [0.1, 0.15) is 5.69 Å². The van der Waals surface area contributed by atoms with Crippen molar-refractivity contribution in [3.63, 3.8) is 0 Å². The second-order valence-electron chi connectivity index (χ2n) is 2.96. The number of rotatable bonds is 2. The first kappa shape index (κ1) is 10.7. The normalized spacial score (nSPS) is 9.13. The van der Waals surface area contributed by atoms with Gasteiger partial charge in [-0.05, 0) is 24.6 Å². The number of hydrogen-bond acceptors (Lipinski definition) is 4. The van der Waals surface area contributed by atoms with Crippen LogP contribution in [0.15, 0.2) is 22.1 Å². The molecule has 0 amide bonds. The zero-order chi connectivity index (χ0) is 11.4. The van der Waals surface area contributed by atoms with E-state index in [9.17, 15) is 4.79 Å². The van der Waals surface area contributed by atoms with Crippen LogP contribution in [-0.2, 0) is 4.79 Å². The Bertz CT molecular complexity index is 456. The predicted octanol–water partition coefficient (Wildman–Crippen LogP) is 0.449. The molecule has 6 heteroatoms. The number of aryl methyl sites for hydroxylation is 1. The van der Waals surface area contributed by atoms with Gasteiger partial charge in [-0.25, -0.2) is 9.79 Å². The summed E-state index contributed by atoms with van der Waals surface area (Å²) >= 11 is 0. The number of isocyanates is 1. The fourth-order valence-corrected chi connectivity index (χ4v) is 1.18. The molecule has 1 aromatic rings. The van der Waals surface area contributed by atoms with E-state index in [1.807, 2.05) is 6.92 Å². The summed E-state index contributed by atoms with van der Waals surface area (Å²) in [5.74, 6) is -0.123. The van der Waals surface area contributed by atoms with Gasteiger partial charge in [-0.2, -0.15) is 4.99 Å². The Morgan fingerprint density at radius 1 is 1.40 bits per heavy atom. The van der Waals surface area contributed by atoms with Crippen molar-refractivity contribution in [1.29, 1.82) is 0 Å². The number of anilines is 1. The quantitative estimate of drug-likeness (QED) is 0.281. The predicted molar refractivity (Wildman–Crippen MR) is 58.8 cm³/mol. The summed E-state index contributed by atoms with van der Waals surface area (Å²) in [5, 5.41) is 0. The Kier molecular flexibility index (Phi) is 3.05. The van der Waals surface area contributed by atoms with E-state index in [-0.39, 0.29) is 11.6 Å². The van der Waals surface area contributed by atoms with Crippen LogP contribution in [0.3, 0.4) is 0 Å². The topological polar surface area (TPSA) is 120 Å². The molecule has 0 radical (unpaired) electrons. The molecule has 0 heterocycles. The van der Waals surface area contributed by atoms with Crippen molar-refractivity contribution in [1.82, 2.24) is 0 Å². The summed E-state index contributed by atoms with van der Waals surface area (Å²) in [6.45, 7) is 1.83. The lowest BCUT2D eigenvalue weighted by atomic mass is 10.1. The van der Waals surface area contributed by atoms with Crippen LogP contribution in [-0.4, -0.2) is 12.0 Å². The van der Waals surface area contributed by atoms with Crippen LogP contribution >= 0.6 is 0 Å². The average molecular weight is 205 g/mol. The Labute approximate surface area is 86.5 Å². The molecule has 0 aliphatic rings. The highest BCUT2D eigenvalue weighted by Gasteiger charge is 2.06. The highest BCUT2D eigenvalue weighted by molar-refractivity contribution is 5.86. The van der Waals surface area contributed by atoms with E-state index >= 15 is 0 Å². The van der Waals surface area contributed by atoms with Crippen molar-refractivity contribution in [2.24, 2.45) is 21.5 Å². The minimum atomic E-state index is -0.123. The third kappa shape index (κ3) is 2.55. The molecule has 0 saturated carbocycles. The van der Waals surface area contributed by atoms with Crippen LogP contribution in [0.4, 0.5) is 17.1 Å². The Morgan fingerprint density at radius 2 is 2.07 bits per heavy atom. The van der Waals surface area contributed by atoms with Crippen LogP contribution < -0.4 is 17.2 Å². The molecule has 0 fully saturated rings. The van der Waals surface area contributed by atoms with Gasteiger partial charge in [0.15, 0.2) is 5.96 Å². The van der Waals surface area contributed by atoms with Crippen molar-refractivity contribution < 1.29 is 4.79 Å². The number of guanidine groups is 1. The summed E-state index contributed by atoms with van der Waals surface area (Å²) in [6, 6.07) is 3.34. The van der Waals surface area contributed by atoms with Gasteiger partial charge in [-0.3, -0.25) is 0 Å². The molecule has 15 heavy (non-hydrogen) atoms. The van der Waals surface area contributed by atoms with Crippen molar-refractivity contribution in [2.75, 3.05) is 5.73 Å². The van der Waals surface area contributed by atoms with Gasteiger partial charge in [0, 0.05) is 0 Å². The molecule has 0 aromatic heterocycles. The van der Waals surface area contributed by atoms with E-state index in [1.54, 1.807) is 12.1 Å². The van der Waals surface area contributed by atoms with E-state index < -0.39 is 0 Å². The van der Waals surface area contributed by atoms with Crippen LogP contribution in [0.2, 0.25) is 0 Å². The zero-order valence-corrected chi connectivity index (χ0v) is 8.19. The molecule has 0 aliphatic carbocycles. The third-order valence-corrected chi connectivity index (χ3v) is 1.67. The van der Waals surface area contributed by atoms with E-state index in [4.69, 9.17) is 17.2 Å². The Morgan fingerprint density at radius 3 is 2.60 bits per heavy atom. The summed E-state index contributed by atoms with van der Waals surface area (Å²) in [7, 11) is 0. The monoisotopic (exact) mass is 205 g/mol. The van der Waals surface area contributed by atoms with Crippen molar-refractivity contribution >= 4 is 29.1 Å². The summed E-state index contributed by atoms with van der Waals surface area (Å²) in [6.07, 6.45) is 1.40. The number of hydrogen-bond donors (Lipinski definition) is 3. The number of nitrogen functional groups attached to an aromatic ring is 1. The number of carbonyl (C=O) groups excluding carboxylic acids is 1. The first-order valence-corrected chi connectivity index (χ1v) is 4.12. The van der Waals surface area contributed by atoms with Crippen LogP contribution in [0.25, 0.3) is 0 Å². The first-order valence-electron chi connectivity index (χ1n) is 4.12. The molecule has 0 bridgehead atoms. The third-order valence-electron chi connectivity index (χ3n) is 1.67. The zero-order valence-electron chi connectivity index (χ0n) is 8.19. The first-order chi connectivity index (χ1) is 7.04. The van der Waals surface area contributed by atoms with Gasteiger partial charge in [0.2, 0.25) is 6.08 Å². The summed E-state index contributed by atoms with van der Waals surface area (Å²) in [5.41, 5.74) is 17.9. The van der Waals surface area contributed by atoms with Gasteiger partial charge in [0.25, 0.3) is 0 Å². The van der Waals surface area contributed by atoms with E-state index in [0.29, 0.717) is 11.4 Å². The minimum Gasteiger partial charge on any atom is -0.397 e. The molecule has 6 N–H and O–H groups in total. The van der Waals surface area contributed by atoms with Crippen molar-refractivity contribution in [2.45, 2.75) is 6.92 Å². The number of aliphatic imine (C=N–C) groups is 2. The molecule has 6 nitrogen and oxygen atoms in total. The maximum Gasteiger partial charge on any atom is 0.240 e. The molecule has 0 atom stereocenters. The Hall–Kier alpha value is -2.33. The number of nitrogens with zero attached hydrogens (tertiary/aromatic N) is 2. The van der Waals surface area contributed by atoms with Crippen LogP contribution in [0.5, 0.6) is 0 Å². The lowest BCUT2D eigenvalue weighted by Crippen LogP contribution is -2.21. The second-order valence-corrected chi connectivity index (χ2v) is 2.96. The maximum atomic E-state index is 10.2. The number of nitrogens with two attached hydrogens (primary N) is 3. The van der Waals surface area contributed by atoms with E-state index in [1.165, 1.54) is 6.08 Å². The fourth-order valence-electron chi connectivity index (χ4n) is 1.18. The smallest absolute Gasteiger partial charge is 0.240 e. The summed E-state index contributed by atoms with van der Waals surface area (Å²) in [4.78, 5) is 17.5. The maximum absolute atomic E-state index is 10.2. The molecule has 0 saturated heterocycles. The van der Waals surface area contributed by atoms with Gasteiger partial charge in [-0.1, -0.05) is 0 Å². The van der Waals surface area contributed by atoms with E-state index in [2.05, 4.69) is 9.98 Å². The van der Waals surface area contributed by atoms with Gasteiger partial charge < -0.3 is 17.2 Å². The molecule has 1 rings (SSSR count). The van der Waals surface area contributed by atoms with Gasteiger partial charge in [0.05, 0.1) is 11.4 Å². The van der Waals surface area contributed by atoms with Crippen LogP contribution in [0, 0.1) is 6.92 Å².